The maximum atomic E-state index is 4.51. The number of nitrogens with zero attached hydrogens (tertiary/aromatic N) is 2. The standard InChI is InChI=1S/C12H14BrN3/c13-10-7-9-3-6-16(12(9)15-8-10)11-1-4-14-5-2-11/h3,6-8,11,14H,1-2,4-5H2. The van der Waals surface area contributed by atoms with Crippen LogP contribution in [-0.2, 0) is 0 Å². The van der Waals surface area contributed by atoms with Crippen molar-refractivity contribution in [1.82, 2.24) is 14.9 Å². The van der Waals surface area contributed by atoms with E-state index in [4.69, 9.17) is 0 Å². The van der Waals surface area contributed by atoms with Crippen LogP contribution in [0.25, 0.3) is 11.0 Å². The van der Waals surface area contributed by atoms with Crippen LogP contribution in [0.1, 0.15) is 18.9 Å². The summed E-state index contributed by atoms with van der Waals surface area (Å²) in [5, 5.41) is 4.61. The van der Waals surface area contributed by atoms with E-state index in [9.17, 15) is 0 Å². The van der Waals surface area contributed by atoms with Gasteiger partial charge in [-0.25, -0.2) is 4.98 Å². The molecular formula is C12H14BrN3. The number of hydrogen-bond acceptors (Lipinski definition) is 2. The number of aromatic nitrogens is 2. The summed E-state index contributed by atoms with van der Waals surface area (Å²) >= 11 is 3.46. The first kappa shape index (κ1) is 10.3. The molecule has 0 unspecified atom stereocenters. The van der Waals surface area contributed by atoms with Crippen molar-refractivity contribution in [3.63, 3.8) is 0 Å². The van der Waals surface area contributed by atoms with Gasteiger partial charge >= 0.3 is 0 Å². The molecule has 1 N–H and O–H groups in total. The molecule has 0 atom stereocenters. The van der Waals surface area contributed by atoms with Crippen LogP contribution in [-0.4, -0.2) is 22.6 Å². The SMILES string of the molecule is Brc1cnc2c(ccn2C2CCNCC2)c1. The Morgan fingerprint density at radius 3 is 3.00 bits per heavy atom. The molecule has 3 nitrogen and oxygen atoms in total. The molecule has 3 rings (SSSR count). The number of hydrogen-bond donors (Lipinski definition) is 1. The lowest BCUT2D eigenvalue weighted by atomic mass is 10.1. The third-order valence-corrected chi connectivity index (χ3v) is 3.66. The van der Waals surface area contributed by atoms with Crippen LogP contribution >= 0.6 is 15.9 Å². The van der Waals surface area contributed by atoms with Crippen molar-refractivity contribution in [2.75, 3.05) is 13.1 Å². The van der Waals surface area contributed by atoms with Gasteiger partial charge < -0.3 is 9.88 Å². The van der Waals surface area contributed by atoms with Gasteiger partial charge in [-0.05, 0) is 54.0 Å². The molecule has 0 saturated carbocycles. The molecule has 0 amide bonds. The van der Waals surface area contributed by atoms with Crippen LogP contribution in [0.5, 0.6) is 0 Å². The molecule has 1 aliphatic heterocycles. The Hall–Kier alpha value is -0.870. The lowest BCUT2D eigenvalue weighted by molar-refractivity contribution is 0.375. The van der Waals surface area contributed by atoms with E-state index >= 15 is 0 Å². The summed E-state index contributed by atoms with van der Waals surface area (Å²) in [4.78, 5) is 4.51. The van der Waals surface area contributed by atoms with Crippen LogP contribution < -0.4 is 5.32 Å². The predicted octanol–water partition coefficient (Wildman–Crippen LogP) is 2.72. The van der Waals surface area contributed by atoms with E-state index in [0.29, 0.717) is 6.04 Å². The van der Waals surface area contributed by atoms with Gasteiger partial charge in [-0.1, -0.05) is 0 Å². The monoisotopic (exact) mass is 279 g/mol. The van der Waals surface area contributed by atoms with Crippen LogP contribution in [0, 0.1) is 0 Å². The van der Waals surface area contributed by atoms with Crippen molar-refractivity contribution < 1.29 is 0 Å². The summed E-state index contributed by atoms with van der Waals surface area (Å²) in [5.74, 6) is 0. The van der Waals surface area contributed by atoms with Crippen LogP contribution in [0.3, 0.4) is 0 Å². The van der Waals surface area contributed by atoms with Gasteiger partial charge in [-0.15, -0.1) is 0 Å². The number of halogens is 1. The molecule has 2 aromatic rings. The minimum absolute atomic E-state index is 0.604. The maximum absolute atomic E-state index is 4.51. The highest BCUT2D eigenvalue weighted by Crippen LogP contribution is 2.25. The van der Waals surface area contributed by atoms with E-state index in [1.807, 2.05) is 6.20 Å². The van der Waals surface area contributed by atoms with Crippen molar-refractivity contribution in [1.29, 1.82) is 0 Å². The lowest BCUT2D eigenvalue weighted by Crippen LogP contribution is -2.29. The molecule has 1 aliphatic rings. The fourth-order valence-electron chi connectivity index (χ4n) is 2.40. The molecule has 1 fully saturated rings. The zero-order valence-corrected chi connectivity index (χ0v) is 10.6. The highest BCUT2D eigenvalue weighted by atomic mass is 79.9. The Morgan fingerprint density at radius 2 is 2.19 bits per heavy atom. The first-order valence-electron chi connectivity index (χ1n) is 5.67. The number of nitrogens with one attached hydrogen (secondary N) is 1. The van der Waals surface area contributed by atoms with Crippen LogP contribution in [0.2, 0.25) is 0 Å². The summed E-state index contributed by atoms with van der Waals surface area (Å²) in [6, 6.07) is 4.88. The van der Waals surface area contributed by atoms with Crippen LogP contribution in [0.4, 0.5) is 0 Å². The fourth-order valence-corrected chi connectivity index (χ4v) is 2.75. The molecule has 2 aromatic heterocycles. The summed E-state index contributed by atoms with van der Waals surface area (Å²) in [7, 11) is 0. The van der Waals surface area contributed by atoms with Gasteiger partial charge in [-0.3, -0.25) is 0 Å². The van der Waals surface area contributed by atoms with Crippen molar-refractivity contribution in [2.24, 2.45) is 0 Å². The number of rotatable bonds is 1. The second-order valence-corrected chi connectivity index (χ2v) is 5.19. The molecular weight excluding hydrogens is 266 g/mol. The minimum atomic E-state index is 0.604. The molecule has 4 heteroatoms. The highest BCUT2D eigenvalue weighted by Gasteiger charge is 2.16. The summed E-state index contributed by atoms with van der Waals surface area (Å²) in [6.45, 7) is 2.22. The van der Waals surface area contributed by atoms with Crippen molar-refractivity contribution in [3.8, 4) is 0 Å². The molecule has 16 heavy (non-hydrogen) atoms. The normalized spacial score (nSPS) is 18.1. The third-order valence-electron chi connectivity index (χ3n) is 3.22. The van der Waals surface area contributed by atoms with Crippen molar-refractivity contribution >= 4 is 27.0 Å². The first-order chi connectivity index (χ1) is 7.84. The van der Waals surface area contributed by atoms with Gasteiger partial charge in [-0.2, -0.15) is 0 Å². The summed E-state index contributed by atoms with van der Waals surface area (Å²) in [6.07, 6.45) is 6.43. The Labute approximate surface area is 103 Å². The van der Waals surface area contributed by atoms with E-state index < -0.39 is 0 Å². The molecule has 3 heterocycles. The number of piperidine rings is 1. The first-order valence-corrected chi connectivity index (χ1v) is 6.47. The molecule has 0 radical (unpaired) electrons. The fraction of sp³-hybridized carbons (Fsp3) is 0.417. The van der Waals surface area contributed by atoms with Crippen molar-refractivity contribution in [3.05, 3.63) is 29.0 Å². The third kappa shape index (κ3) is 1.76. The highest BCUT2D eigenvalue weighted by molar-refractivity contribution is 9.10. The minimum Gasteiger partial charge on any atom is -0.329 e. The Morgan fingerprint density at radius 1 is 1.38 bits per heavy atom. The summed E-state index contributed by atoms with van der Waals surface area (Å²) < 4.78 is 3.37. The van der Waals surface area contributed by atoms with Gasteiger partial charge in [0.1, 0.15) is 5.65 Å². The Kier molecular flexibility index (Phi) is 2.69. The van der Waals surface area contributed by atoms with Crippen molar-refractivity contribution in [2.45, 2.75) is 18.9 Å². The number of fused-ring (bicyclic) bond motifs is 1. The quantitative estimate of drug-likeness (QED) is 0.870. The topological polar surface area (TPSA) is 29.9 Å². The second-order valence-electron chi connectivity index (χ2n) is 4.27. The summed E-state index contributed by atoms with van der Waals surface area (Å²) in [5.41, 5.74) is 1.11. The van der Waals surface area contributed by atoms with E-state index in [1.165, 1.54) is 18.2 Å². The van der Waals surface area contributed by atoms with Crippen LogP contribution in [0.15, 0.2) is 29.0 Å². The molecule has 0 aromatic carbocycles. The van der Waals surface area contributed by atoms with Gasteiger partial charge in [0.25, 0.3) is 0 Å². The van der Waals surface area contributed by atoms with E-state index in [-0.39, 0.29) is 0 Å². The van der Waals surface area contributed by atoms with Gasteiger partial charge in [0, 0.05) is 28.3 Å². The molecule has 1 saturated heterocycles. The predicted molar refractivity (Wildman–Crippen MR) is 68.6 cm³/mol. The van der Waals surface area contributed by atoms with E-state index in [1.54, 1.807) is 0 Å². The van der Waals surface area contributed by atoms with Gasteiger partial charge in [0.15, 0.2) is 0 Å². The molecule has 0 bridgehead atoms. The Bertz CT molecular complexity index is 500. The smallest absolute Gasteiger partial charge is 0.140 e. The maximum Gasteiger partial charge on any atom is 0.140 e. The average Bonchev–Trinajstić information content (AvgIpc) is 2.73. The molecule has 0 aliphatic carbocycles. The molecule has 0 spiro atoms. The van der Waals surface area contributed by atoms with Gasteiger partial charge in [0.2, 0.25) is 0 Å². The Balaban J connectivity index is 2.03. The lowest BCUT2D eigenvalue weighted by Gasteiger charge is -2.24. The second kappa shape index (κ2) is 4.18. The number of pyridine rings is 1. The largest absolute Gasteiger partial charge is 0.329 e. The zero-order chi connectivity index (χ0) is 11.0. The average molecular weight is 280 g/mol. The van der Waals surface area contributed by atoms with E-state index in [0.717, 1.165) is 23.2 Å². The van der Waals surface area contributed by atoms with Gasteiger partial charge in [0.05, 0.1) is 0 Å². The zero-order valence-electron chi connectivity index (χ0n) is 8.99. The molecule has 84 valence electrons. The van der Waals surface area contributed by atoms with E-state index in [2.05, 4.69) is 49.1 Å².